The number of hydrogen-bond acceptors (Lipinski definition) is 5. The summed E-state index contributed by atoms with van der Waals surface area (Å²) in [5, 5.41) is 0.178. The molecule has 1 aromatic rings. The molecule has 0 radical (unpaired) electrons. The van der Waals surface area contributed by atoms with Crippen LogP contribution in [0.25, 0.3) is 0 Å². The standard InChI is InChI=1S/C12H19ClN4O/c1-17(2)11-14-10(13)15-12(16-11)18-9-7-5-3-4-6-8-9/h9H,3-8H2,1-2H3. The van der Waals surface area contributed by atoms with Gasteiger partial charge in [0.05, 0.1) is 0 Å². The molecule has 100 valence electrons. The summed E-state index contributed by atoms with van der Waals surface area (Å²) in [6, 6.07) is 0.339. The summed E-state index contributed by atoms with van der Waals surface area (Å²) in [6.07, 6.45) is 7.36. The Balaban J connectivity index is 2.07. The second kappa shape index (κ2) is 6.18. The van der Waals surface area contributed by atoms with E-state index < -0.39 is 0 Å². The Bertz CT molecular complexity index is 392. The van der Waals surface area contributed by atoms with Crippen molar-refractivity contribution < 1.29 is 4.74 Å². The monoisotopic (exact) mass is 270 g/mol. The fraction of sp³-hybridized carbons (Fsp3) is 0.750. The minimum atomic E-state index is 0.178. The first-order valence-corrected chi connectivity index (χ1v) is 6.78. The lowest BCUT2D eigenvalue weighted by Crippen LogP contribution is -2.19. The van der Waals surface area contributed by atoms with Gasteiger partial charge in [0.2, 0.25) is 11.2 Å². The number of rotatable bonds is 3. The Morgan fingerprint density at radius 2 is 1.72 bits per heavy atom. The fourth-order valence-electron chi connectivity index (χ4n) is 2.08. The van der Waals surface area contributed by atoms with Crippen molar-refractivity contribution in [1.82, 2.24) is 15.0 Å². The number of anilines is 1. The summed E-state index contributed by atoms with van der Waals surface area (Å²) < 4.78 is 5.83. The van der Waals surface area contributed by atoms with E-state index in [0.717, 1.165) is 12.8 Å². The minimum absolute atomic E-state index is 0.178. The second-order valence-electron chi connectivity index (χ2n) is 4.81. The van der Waals surface area contributed by atoms with Gasteiger partial charge in [0.25, 0.3) is 0 Å². The molecule has 1 saturated carbocycles. The van der Waals surface area contributed by atoms with E-state index in [1.54, 1.807) is 4.90 Å². The number of halogens is 1. The predicted octanol–water partition coefficient (Wildman–Crippen LogP) is 2.69. The van der Waals surface area contributed by atoms with Crippen LogP contribution in [0.15, 0.2) is 0 Å². The maximum Gasteiger partial charge on any atom is 0.322 e. The highest BCUT2D eigenvalue weighted by Gasteiger charge is 2.16. The van der Waals surface area contributed by atoms with Gasteiger partial charge < -0.3 is 9.64 Å². The van der Waals surface area contributed by atoms with Gasteiger partial charge >= 0.3 is 6.01 Å². The Morgan fingerprint density at radius 1 is 1.06 bits per heavy atom. The molecule has 1 fully saturated rings. The highest BCUT2D eigenvalue weighted by molar-refractivity contribution is 6.28. The zero-order valence-electron chi connectivity index (χ0n) is 10.9. The maximum absolute atomic E-state index is 5.88. The molecule has 0 N–H and O–H groups in total. The summed E-state index contributed by atoms with van der Waals surface area (Å²) in [4.78, 5) is 14.1. The van der Waals surface area contributed by atoms with E-state index in [0.29, 0.717) is 12.0 Å². The van der Waals surface area contributed by atoms with Crippen LogP contribution in [0.4, 0.5) is 5.95 Å². The molecular formula is C12H19ClN4O. The SMILES string of the molecule is CN(C)c1nc(Cl)nc(OC2CCCCCC2)n1. The van der Waals surface area contributed by atoms with Crippen LogP contribution >= 0.6 is 11.6 Å². The van der Waals surface area contributed by atoms with Crippen molar-refractivity contribution in [3.8, 4) is 6.01 Å². The molecule has 1 aromatic heterocycles. The van der Waals surface area contributed by atoms with E-state index in [1.807, 2.05) is 14.1 Å². The zero-order valence-corrected chi connectivity index (χ0v) is 11.7. The number of aromatic nitrogens is 3. The molecule has 1 aliphatic carbocycles. The predicted molar refractivity (Wildman–Crippen MR) is 71.3 cm³/mol. The lowest BCUT2D eigenvalue weighted by molar-refractivity contribution is 0.168. The van der Waals surface area contributed by atoms with Crippen LogP contribution in [0.1, 0.15) is 38.5 Å². The molecule has 0 aliphatic heterocycles. The van der Waals surface area contributed by atoms with Crippen molar-refractivity contribution in [3.63, 3.8) is 0 Å². The van der Waals surface area contributed by atoms with Crippen LogP contribution in [0.3, 0.4) is 0 Å². The third kappa shape index (κ3) is 3.70. The van der Waals surface area contributed by atoms with E-state index in [1.165, 1.54) is 25.7 Å². The third-order valence-electron chi connectivity index (χ3n) is 3.05. The van der Waals surface area contributed by atoms with Crippen molar-refractivity contribution in [1.29, 1.82) is 0 Å². The number of nitrogens with zero attached hydrogens (tertiary/aromatic N) is 4. The topological polar surface area (TPSA) is 51.1 Å². The van der Waals surface area contributed by atoms with Gasteiger partial charge in [-0.25, -0.2) is 0 Å². The van der Waals surface area contributed by atoms with Gasteiger partial charge in [-0.15, -0.1) is 0 Å². The molecule has 1 heterocycles. The third-order valence-corrected chi connectivity index (χ3v) is 3.22. The molecule has 0 unspecified atom stereocenters. The summed E-state index contributed by atoms with van der Waals surface area (Å²) in [6.45, 7) is 0. The minimum Gasteiger partial charge on any atom is -0.460 e. The van der Waals surface area contributed by atoms with Crippen LogP contribution in [-0.2, 0) is 0 Å². The van der Waals surface area contributed by atoms with Gasteiger partial charge in [0.15, 0.2) is 0 Å². The van der Waals surface area contributed by atoms with Crippen LogP contribution in [0, 0.1) is 0 Å². The van der Waals surface area contributed by atoms with E-state index in [4.69, 9.17) is 16.3 Å². The fourth-order valence-corrected chi connectivity index (χ4v) is 2.23. The summed E-state index contributed by atoms with van der Waals surface area (Å²) in [5.74, 6) is 0.527. The van der Waals surface area contributed by atoms with E-state index in [9.17, 15) is 0 Å². The first-order chi connectivity index (χ1) is 8.65. The van der Waals surface area contributed by atoms with Crippen molar-refractivity contribution in [2.75, 3.05) is 19.0 Å². The normalized spacial score (nSPS) is 17.3. The molecule has 0 aromatic carbocycles. The van der Waals surface area contributed by atoms with Crippen molar-refractivity contribution in [2.45, 2.75) is 44.6 Å². The molecule has 2 rings (SSSR count). The second-order valence-corrected chi connectivity index (χ2v) is 5.15. The molecule has 5 nitrogen and oxygen atoms in total. The molecule has 0 spiro atoms. The van der Waals surface area contributed by atoms with Gasteiger partial charge in [-0.1, -0.05) is 12.8 Å². The van der Waals surface area contributed by atoms with Crippen molar-refractivity contribution >= 4 is 17.5 Å². The molecule has 1 aliphatic rings. The van der Waals surface area contributed by atoms with Gasteiger partial charge in [-0.3, -0.25) is 0 Å². The Labute approximate surface area is 113 Å². The summed E-state index contributed by atoms with van der Waals surface area (Å²) >= 11 is 5.88. The average molecular weight is 271 g/mol. The smallest absolute Gasteiger partial charge is 0.322 e. The first-order valence-electron chi connectivity index (χ1n) is 6.40. The molecule has 0 atom stereocenters. The number of hydrogen-bond donors (Lipinski definition) is 0. The largest absolute Gasteiger partial charge is 0.460 e. The van der Waals surface area contributed by atoms with Crippen LogP contribution in [0.2, 0.25) is 5.28 Å². The Hall–Kier alpha value is -1.10. The van der Waals surface area contributed by atoms with E-state index in [2.05, 4.69) is 15.0 Å². The van der Waals surface area contributed by atoms with Crippen molar-refractivity contribution in [2.24, 2.45) is 0 Å². The number of ether oxygens (including phenoxy) is 1. The lowest BCUT2D eigenvalue weighted by Gasteiger charge is -2.16. The molecule has 6 heteroatoms. The van der Waals surface area contributed by atoms with Gasteiger partial charge in [-0.05, 0) is 37.3 Å². The van der Waals surface area contributed by atoms with Crippen LogP contribution in [0.5, 0.6) is 6.01 Å². The maximum atomic E-state index is 5.88. The van der Waals surface area contributed by atoms with Crippen LogP contribution in [-0.4, -0.2) is 35.2 Å². The zero-order chi connectivity index (χ0) is 13.0. The lowest BCUT2D eigenvalue weighted by atomic mass is 10.2. The summed E-state index contributed by atoms with van der Waals surface area (Å²) in [7, 11) is 3.72. The van der Waals surface area contributed by atoms with Crippen molar-refractivity contribution in [3.05, 3.63) is 5.28 Å². The molecular weight excluding hydrogens is 252 g/mol. The Kier molecular flexibility index (Phi) is 4.58. The Morgan fingerprint density at radius 3 is 2.33 bits per heavy atom. The average Bonchev–Trinajstić information content (AvgIpc) is 2.57. The molecule has 18 heavy (non-hydrogen) atoms. The van der Waals surface area contributed by atoms with Gasteiger partial charge in [-0.2, -0.15) is 15.0 Å². The quantitative estimate of drug-likeness (QED) is 0.791. The van der Waals surface area contributed by atoms with Gasteiger partial charge in [0.1, 0.15) is 6.10 Å². The van der Waals surface area contributed by atoms with E-state index >= 15 is 0 Å². The van der Waals surface area contributed by atoms with Gasteiger partial charge in [0, 0.05) is 14.1 Å². The molecule has 0 bridgehead atoms. The molecule has 0 saturated heterocycles. The molecule has 0 amide bonds. The highest BCUT2D eigenvalue weighted by atomic mass is 35.5. The highest BCUT2D eigenvalue weighted by Crippen LogP contribution is 2.22. The van der Waals surface area contributed by atoms with Crippen LogP contribution < -0.4 is 9.64 Å². The first kappa shape index (κ1) is 13.3. The summed E-state index contributed by atoms with van der Waals surface area (Å²) in [5.41, 5.74) is 0. The van der Waals surface area contributed by atoms with E-state index in [-0.39, 0.29) is 11.4 Å².